The molecular weight excluding hydrogens is 196 g/mol. The molecule has 14 heavy (non-hydrogen) atoms. The molecule has 1 heterocycles. The van der Waals surface area contributed by atoms with Gasteiger partial charge in [-0.1, -0.05) is 0 Å². The first-order valence-corrected chi connectivity index (χ1v) is 6.14. The first-order chi connectivity index (χ1) is 6.74. The first-order valence-electron chi connectivity index (χ1n) is 4.99. The quantitative estimate of drug-likeness (QED) is 0.769. The van der Waals surface area contributed by atoms with Gasteiger partial charge in [0.1, 0.15) is 5.92 Å². The minimum Gasteiger partial charge on any atom is -0.355 e. The maximum absolute atomic E-state index is 11.3. The molecule has 4 heteroatoms. The Morgan fingerprint density at radius 3 is 2.86 bits per heavy atom. The summed E-state index contributed by atoms with van der Waals surface area (Å²) in [5.74, 6) is 2.37. The third-order valence-electron chi connectivity index (χ3n) is 2.49. The Hall–Kier alpha value is -0.690. The molecule has 3 nitrogen and oxygen atoms in total. The second kappa shape index (κ2) is 5.92. The molecule has 0 aromatic heterocycles. The van der Waals surface area contributed by atoms with E-state index >= 15 is 0 Å². The number of rotatable bonds is 3. The topological polar surface area (TPSA) is 52.9 Å². The lowest BCUT2D eigenvalue weighted by Gasteiger charge is -2.21. The van der Waals surface area contributed by atoms with Gasteiger partial charge in [-0.05, 0) is 37.2 Å². The average Bonchev–Trinajstić information content (AvgIpc) is 2.26. The van der Waals surface area contributed by atoms with Gasteiger partial charge in [-0.3, -0.25) is 4.79 Å². The molecule has 1 unspecified atom stereocenters. The second-order valence-corrected chi connectivity index (χ2v) is 4.88. The van der Waals surface area contributed by atoms with E-state index in [0.29, 0.717) is 5.92 Å². The van der Waals surface area contributed by atoms with E-state index in [1.54, 1.807) is 6.92 Å². The Balaban J connectivity index is 2.19. The third kappa shape index (κ3) is 3.59. The van der Waals surface area contributed by atoms with Crippen molar-refractivity contribution in [2.45, 2.75) is 19.8 Å². The number of nitrogens with one attached hydrogen (secondary N) is 1. The lowest BCUT2D eigenvalue weighted by Crippen LogP contribution is -2.34. The number of nitrogens with zero attached hydrogens (tertiary/aromatic N) is 1. The Bertz CT molecular complexity index is 231. The van der Waals surface area contributed by atoms with Crippen LogP contribution in [0.1, 0.15) is 19.8 Å². The number of hydrogen-bond acceptors (Lipinski definition) is 3. The summed E-state index contributed by atoms with van der Waals surface area (Å²) < 4.78 is 0. The number of amides is 1. The van der Waals surface area contributed by atoms with Crippen LogP contribution in [0.25, 0.3) is 0 Å². The summed E-state index contributed by atoms with van der Waals surface area (Å²) in [7, 11) is 0. The Labute approximate surface area is 89.2 Å². The van der Waals surface area contributed by atoms with Crippen molar-refractivity contribution < 1.29 is 4.79 Å². The predicted octanol–water partition coefficient (Wildman–Crippen LogP) is 1.41. The highest BCUT2D eigenvalue weighted by Crippen LogP contribution is 2.21. The molecule has 1 rings (SSSR count). The Morgan fingerprint density at radius 1 is 1.64 bits per heavy atom. The van der Waals surface area contributed by atoms with Crippen LogP contribution in [-0.4, -0.2) is 24.0 Å². The monoisotopic (exact) mass is 212 g/mol. The molecule has 1 aliphatic heterocycles. The molecule has 0 aromatic rings. The normalized spacial score (nSPS) is 19.7. The molecule has 78 valence electrons. The molecule has 0 aliphatic carbocycles. The summed E-state index contributed by atoms with van der Waals surface area (Å²) in [5.41, 5.74) is 0. The predicted molar refractivity (Wildman–Crippen MR) is 57.8 cm³/mol. The molecule has 1 atom stereocenters. The van der Waals surface area contributed by atoms with Gasteiger partial charge in [0.25, 0.3) is 0 Å². The summed E-state index contributed by atoms with van der Waals surface area (Å²) in [6, 6.07) is 1.94. The van der Waals surface area contributed by atoms with Gasteiger partial charge in [-0.2, -0.15) is 17.0 Å². The Morgan fingerprint density at radius 2 is 2.29 bits per heavy atom. The van der Waals surface area contributed by atoms with Crippen LogP contribution in [0, 0.1) is 23.2 Å². The van der Waals surface area contributed by atoms with Crippen molar-refractivity contribution in [3.8, 4) is 6.07 Å². The number of thioether (sulfide) groups is 1. The zero-order valence-corrected chi connectivity index (χ0v) is 9.27. The molecule has 1 aliphatic rings. The van der Waals surface area contributed by atoms with Crippen LogP contribution in [0.3, 0.4) is 0 Å². The zero-order chi connectivity index (χ0) is 10.4. The van der Waals surface area contributed by atoms with Crippen molar-refractivity contribution in [2.24, 2.45) is 11.8 Å². The molecule has 1 fully saturated rings. The molecule has 0 spiro atoms. The molecule has 0 saturated carbocycles. The summed E-state index contributed by atoms with van der Waals surface area (Å²) in [4.78, 5) is 11.3. The smallest absolute Gasteiger partial charge is 0.237 e. The van der Waals surface area contributed by atoms with E-state index in [9.17, 15) is 4.79 Å². The number of nitriles is 1. The van der Waals surface area contributed by atoms with Crippen molar-refractivity contribution in [3.63, 3.8) is 0 Å². The van der Waals surface area contributed by atoms with E-state index in [0.717, 1.165) is 6.54 Å². The van der Waals surface area contributed by atoms with E-state index in [4.69, 9.17) is 5.26 Å². The maximum Gasteiger partial charge on any atom is 0.237 e. The molecule has 1 saturated heterocycles. The van der Waals surface area contributed by atoms with Crippen molar-refractivity contribution in [3.05, 3.63) is 0 Å². The summed E-state index contributed by atoms with van der Waals surface area (Å²) >= 11 is 1.98. The lowest BCUT2D eigenvalue weighted by molar-refractivity contribution is -0.123. The molecule has 1 N–H and O–H groups in total. The van der Waals surface area contributed by atoms with Crippen molar-refractivity contribution in [1.29, 1.82) is 5.26 Å². The minimum atomic E-state index is -0.520. The molecular formula is C10H16N2OS. The third-order valence-corrected chi connectivity index (χ3v) is 3.54. The van der Waals surface area contributed by atoms with Gasteiger partial charge >= 0.3 is 0 Å². The zero-order valence-electron chi connectivity index (χ0n) is 8.45. The molecule has 0 aromatic carbocycles. The number of carbonyl (C=O) groups excluding carboxylic acids is 1. The van der Waals surface area contributed by atoms with Gasteiger partial charge in [0.15, 0.2) is 0 Å². The fourth-order valence-electron chi connectivity index (χ4n) is 1.41. The van der Waals surface area contributed by atoms with Crippen LogP contribution >= 0.6 is 11.8 Å². The fraction of sp³-hybridized carbons (Fsp3) is 0.800. The SMILES string of the molecule is CC(C#N)C(=O)NCC1CCSCC1. The van der Waals surface area contributed by atoms with Crippen LogP contribution in [0.2, 0.25) is 0 Å². The molecule has 0 bridgehead atoms. The van der Waals surface area contributed by atoms with Crippen molar-refractivity contribution >= 4 is 17.7 Å². The van der Waals surface area contributed by atoms with E-state index in [1.807, 2.05) is 17.8 Å². The van der Waals surface area contributed by atoms with Gasteiger partial charge < -0.3 is 5.32 Å². The van der Waals surface area contributed by atoms with Gasteiger partial charge in [-0.25, -0.2) is 0 Å². The van der Waals surface area contributed by atoms with Gasteiger partial charge in [0.05, 0.1) is 6.07 Å². The largest absolute Gasteiger partial charge is 0.355 e. The van der Waals surface area contributed by atoms with Gasteiger partial charge in [0, 0.05) is 6.54 Å². The van der Waals surface area contributed by atoms with Crippen LogP contribution < -0.4 is 5.32 Å². The fourth-order valence-corrected chi connectivity index (χ4v) is 2.61. The summed E-state index contributed by atoms with van der Waals surface area (Å²) in [5, 5.41) is 11.4. The average molecular weight is 212 g/mol. The van der Waals surface area contributed by atoms with Crippen LogP contribution in [0.15, 0.2) is 0 Å². The lowest BCUT2D eigenvalue weighted by atomic mass is 10.0. The highest BCUT2D eigenvalue weighted by Gasteiger charge is 2.16. The summed E-state index contributed by atoms with van der Waals surface area (Å²) in [6.45, 7) is 2.37. The van der Waals surface area contributed by atoms with Crippen LogP contribution in [0.5, 0.6) is 0 Å². The highest BCUT2D eigenvalue weighted by atomic mass is 32.2. The molecule has 1 amide bonds. The standard InChI is InChI=1S/C10H16N2OS/c1-8(6-11)10(13)12-7-9-2-4-14-5-3-9/h8-9H,2-5,7H2,1H3,(H,12,13). The molecule has 0 radical (unpaired) electrons. The number of carbonyl (C=O) groups is 1. The van der Waals surface area contributed by atoms with E-state index in [2.05, 4.69) is 5.32 Å². The van der Waals surface area contributed by atoms with Crippen molar-refractivity contribution in [1.82, 2.24) is 5.32 Å². The van der Waals surface area contributed by atoms with E-state index in [-0.39, 0.29) is 5.91 Å². The van der Waals surface area contributed by atoms with E-state index < -0.39 is 5.92 Å². The summed E-state index contributed by atoms with van der Waals surface area (Å²) in [6.07, 6.45) is 2.37. The van der Waals surface area contributed by atoms with Crippen molar-refractivity contribution in [2.75, 3.05) is 18.1 Å². The number of hydrogen-bond donors (Lipinski definition) is 1. The van der Waals surface area contributed by atoms with Gasteiger partial charge in [-0.15, -0.1) is 0 Å². The van der Waals surface area contributed by atoms with E-state index in [1.165, 1.54) is 24.3 Å². The van der Waals surface area contributed by atoms with Crippen LogP contribution in [0.4, 0.5) is 0 Å². The first kappa shape index (κ1) is 11.4. The Kier molecular flexibility index (Phi) is 4.81. The maximum atomic E-state index is 11.3. The second-order valence-electron chi connectivity index (χ2n) is 3.65. The van der Waals surface area contributed by atoms with Gasteiger partial charge in [0.2, 0.25) is 5.91 Å². The minimum absolute atomic E-state index is 0.134. The van der Waals surface area contributed by atoms with Crippen LogP contribution in [-0.2, 0) is 4.79 Å². The highest BCUT2D eigenvalue weighted by molar-refractivity contribution is 7.99.